The summed E-state index contributed by atoms with van der Waals surface area (Å²) < 4.78 is 5.62. The van der Waals surface area contributed by atoms with Crippen LogP contribution in [0.4, 0.5) is 5.69 Å². The normalized spacial score (nSPS) is 22.9. The third kappa shape index (κ3) is 2.18. The number of rotatable bonds is 4. The van der Waals surface area contributed by atoms with Gasteiger partial charge in [0.2, 0.25) is 5.91 Å². The highest BCUT2D eigenvalue weighted by Gasteiger charge is 2.37. The molecule has 5 heteroatoms. The number of fused-ring (bicyclic) bond motifs is 3. The van der Waals surface area contributed by atoms with Gasteiger partial charge in [0, 0.05) is 43.0 Å². The standard InChI is InChI=1S/C15H18N2O3/c1-10(19)16-6-4-11-8-17(9-18)13-2-3-14-12(15(11)13)5-7-20-14/h2-3,9,11H,4-8H2,1H3,(H,16,19)/p+1. The lowest BCUT2D eigenvalue weighted by molar-refractivity contribution is -0.732. The van der Waals surface area contributed by atoms with Crippen molar-refractivity contribution in [2.75, 3.05) is 19.7 Å². The molecule has 0 aromatic heterocycles. The second kappa shape index (κ2) is 5.25. The van der Waals surface area contributed by atoms with Gasteiger partial charge >= 0.3 is 6.41 Å². The van der Waals surface area contributed by atoms with E-state index in [-0.39, 0.29) is 5.91 Å². The summed E-state index contributed by atoms with van der Waals surface area (Å²) in [7, 11) is 0. The van der Waals surface area contributed by atoms with Gasteiger partial charge in [-0.2, -0.15) is 0 Å². The van der Waals surface area contributed by atoms with Gasteiger partial charge in [0.05, 0.1) is 13.2 Å². The van der Waals surface area contributed by atoms with Crippen LogP contribution in [0.2, 0.25) is 0 Å². The highest BCUT2D eigenvalue weighted by Crippen LogP contribution is 2.39. The summed E-state index contributed by atoms with van der Waals surface area (Å²) in [5.41, 5.74) is 3.61. The quantitative estimate of drug-likeness (QED) is 0.756. The summed E-state index contributed by atoms with van der Waals surface area (Å²) in [5, 5.41) is 2.84. The molecule has 2 heterocycles. The second-order valence-corrected chi connectivity index (χ2v) is 5.42. The van der Waals surface area contributed by atoms with Gasteiger partial charge in [-0.3, -0.25) is 4.79 Å². The number of carbonyl (C=O) groups is 2. The lowest BCUT2D eigenvalue weighted by Gasteiger charge is -2.11. The van der Waals surface area contributed by atoms with Gasteiger partial charge in [-0.1, -0.05) is 0 Å². The maximum atomic E-state index is 11.3. The predicted octanol–water partition coefficient (Wildman–Crippen LogP) is -0.0823. The van der Waals surface area contributed by atoms with E-state index >= 15 is 0 Å². The average molecular weight is 275 g/mol. The molecule has 2 aliphatic heterocycles. The molecule has 106 valence electrons. The van der Waals surface area contributed by atoms with Crippen molar-refractivity contribution in [2.24, 2.45) is 0 Å². The SMILES string of the molecule is CC(=O)NCCC1C[NH+](C=O)c2ccc3c(c21)CCO3. The van der Waals surface area contributed by atoms with Crippen molar-refractivity contribution in [3.05, 3.63) is 23.3 Å². The molecule has 0 radical (unpaired) electrons. The Morgan fingerprint density at radius 1 is 1.55 bits per heavy atom. The average Bonchev–Trinajstić information content (AvgIpc) is 3.01. The lowest BCUT2D eigenvalue weighted by atomic mass is 9.92. The first-order valence-electron chi connectivity index (χ1n) is 7.05. The maximum absolute atomic E-state index is 11.3. The minimum absolute atomic E-state index is 0.00978. The van der Waals surface area contributed by atoms with Crippen LogP contribution in [0.3, 0.4) is 0 Å². The predicted molar refractivity (Wildman–Crippen MR) is 73.2 cm³/mol. The Bertz CT molecular complexity index is 556. The first kappa shape index (κ1) is 13.1. The van der Waals surface area contributed by atoms with Gasteiger partial charge in [-0.05, 0) is 12.5 Å². The minimum Gasteiger partial charge on any atom is -0.493 e. The second-order valence-electron chi connectivity index (χ2n) is 5.42. The van der Waals surface area contributed by atoms with E-state index in [9.17, 15) is 9.59 Å². The van der Waals surface area contributed by atoms with Crippen LogP contribution in [0.5, 0.6) is 5.75 Å². The van der Waals surface area contributed by atoms with E-state index in [2.05, 4.69) is 5.32 Å². The molecular formula is C15H19N2O3+. The van der Waals surface area contributed by atoms with Crippen molar-refractivity contribution in [1.29, 1.82) is 0 Å². The topological polar surface area (TPSA) is 59.8 Å². The van der Waals surface area contributed by atoms with E-state index in [4.69, 9.17) is 4.74 Å². The third-order valence-electron chi connectivity index (χ3n) is 4.15. The first-order valence-corrected chi connectivity index (χ1v) is 7.05. The molecular weight excluding hydrogens is 256 g/mol. The number of benzene rings is 1. The first-order chi connectivity index (χ1) is 9.70. The van der Waals surface area contributed by atoms with Gasteiger partial charge < -0.3 is 10.1 Å². The third-order valence-corrected chi connectivity index (χ3v) is 4.15. The Morgan fingerprint density at radius 2 is 2.40 bits per heavy atom. The number of hydrogen-bond acceptors (Lipinski definition) is 3. The van der Waals surface area contributed by atoms with Gasteiger partial charge in [0.15, 0.2) is 0 Å². The highest BCUT2D eigenvalue weighted by molar-refractivity contribution is 5.72. The highest BCUT2D eigenvalue weighted by atomic mass is 16.5. The fourth-order valence-electron chi connectivity index (χ4n) is 3.31. The van der Waals surface area contributed by atoms with Crippen LogP contribution in [-0.2, 0) is 16.0 Å². The Labute approximate surface area is 117 Å². The zero-order chi connectivity index (χ0) is 14.1. The van der Waals surface area contributed by atoms with E-state index < -0.39 is 0 Å². The molecule has 0 spiro atoms. The molecule has 0 aliphatic carbocycles. The molecule has 20 heavy (non-hydrogen) atoms. The van der Waals surface area contributed by atoms with E-state index in [1.807, 2.05) is 12.1 Å². The summed E-state index contributed by atoms with van der Waals surface area (Å²) in [6.45, 7) is 3.67. The van der Waals surface area contributed by atoms with Crippen LogP contribution in [0.15, 0.2) is 12.1 Å². The summed E-state index contributed by atoms with van der Waals surface area (Å²) >= 11 is 0. The number of ether oxygens (including phenoxy) is 1. The Hall–Kier alpha value is -1.88. The van der Waals surface area contributed by atoms with Crippen molar-refractivity contribution < 1.29 is 19.2 Å². The smallest absolute Gasteiger partial charge is 0.304 e. The van der Waals surface area contributed by atoms with E-state index in [1.165, 1.54) is 18.1 Å². The Kier molecular flexibility index (Phi) is 3.44. The molecule has 2 atom stereocenters. The number of carbonyl (C=O) groups excluding carboxylic acids is 2. The van der Waals surface area contributed by atoms with Crippen LogP contribution in [-0.4, -0.2) is 32.0 Å². The zero-order valence-electron chi connectivity index (χ0n) is 11.6. The van der Waals surface area contributed by atoms with Crippen molar-refractivity contribution in [3.8, 4) is 5.75 Å². The summed E-state index contributed by atoms with van der Waals surface area (Å²) in [6, 6.07) is 3.97. The monoisotopic (exact) mass is 275 g/mol. The van der Waals surface area contributed by atoms with Crippen molar-refractivity contribution >= 4 is 18.0 Å². The number of amides is 2. The number of quaternary nitrogens is 1. The molecule has 5 nitrogen and oxygen atoms in total. The molecule has 2 amide bonds. The van der Waals surface area contributed by atoms with Crippen LogP contribution >= 0.6 is 0 Å². The van der Waals surface area contributed by atoms with E-state index in [0.717, 1.165) is 48.7 Å². The molecule has 1 aromatic carbocycles. The molecule has 0 fully saturated rings. The van der Waals surface area contributed by atoms with E-state index in [1.54, 1.807) is 0 Å². The van der Waals surface area contributed by atoms with Crippen LogP contribution in [0, 0.1) is 0 Å². The maximum Gasteiger partial charge on any atom is 0.304 e. The molecule has 2 unspecified atom stereocenters. The molecule has 2 N–H and O–H groups in total. The van der Waals surface area contributed by atoms with Gasteiger partial charge in [-0.15, -0.1) is 0 Å². The van der Waals surface area contributed by atoms with Gasteiger partial charge in [-0.25, -0.2) is 9.69 Å². The molecule has 1 aromatic rings. The largest absolute Gasteiger partial charge is 0.493 e. The minimum atomic E-state index is -0.00978. The molecule has 0 saturated carbocycles. The van der Waals surface area contributed by atoms with Crippen LogP contribution in [0.1, 0.15) is 30.4 Å². The van der Waals surface area contributed by atoms with Crippen molar-refractivity contribution in [3.63, 3.8) is 0 Å². The molecule has 0 bridgehead atoms. The Balaban J connectivity index is 1.87. The zero-order valence-corrected chi connectivity index (χ0v) is 11.6. The summed E-state index contributed by atoms with van der Waals surface area (Å²) in [4.78, 5) is 23.1. The lowest BCUT2D eigenvalue weighted by Crippen LogP contribution is -3.05. The summed E-state index contributed by atoms with van der Waals surface area (Å²) in [5.74, 6) is 1.26. The Morgan fingerprint density at radius 3 is 3.15 bits per heavy atom. The number of hydrogen-bond donors (Lipinski definition) is 2. The molecule has 0 saturated heterocycles. The van der Waals surface area contributed by atoms with Crippen molar-refractivity contribution in [1.82, 2.24) is 5.32 Å². The fourth-order valence-corrected chi connectivity index (χ4v) is 3.31. The molecule has 2 aliphatic rings. The van der Waals surface area contributed by atoms with Crippen LogP contribution in [0.25, 0.3) is 0 Å². The molecule has 3 rings (SSSR count). The number of nitrogens with one attached hydrogen (secondary N) is 2. The summed E-state index contributed by atoms with van der Waals surface area (Å²) in [6.07, 6.45) is 2.75. The fraction of sp³-hybridized carbons (Fsp3) is 0.467. The van der Waals surface area contributed by atoms with E-state index in [0.29, 0.717) is 12.5 Å². The van der Waals surface area contributed by atoms with Gasteiger partial charge in [0.1, 0.15) is 11.4 Å². The van der Waals surface area contributed by atoms with Crippen LogP contribution < -0.4 is 15.0 Å². The van der Waals surface area contributed by atoms with Crippen molar-refractivity contribution in [2.45, 2.75) is 25.7 Å². The van der Waals surface area contributed by atoms with Gasteiger partial charge in [0.25, 0.3) is 0 Å².